The predicted octanol–water partition coefficient (Wildman–Crippen LogP) is 3.91. The highest BCUT2D eigenvalue weighted by Gasteiger charge is 2.62. The summed E-state index contributed by atoms with van der Waals surface area (Å²) in [5.41, 5.74) is -1.58. The van der Waals surface area contributed by atoms with Crippen molar-refractivity contribution in [2.24, 2.45) is 11.3 Å². The number of aromatic nitrogens is 1. The van der Waals surface area contributed by atoms with Crippen LogP contribution in [0.4, 0.5) is 4.79 Å². The van der Waals surface area contributed by atoms with E-state index < -0.39 is 74.1 Å². The van der Waals surface area contributed by atoms with Crippen LogP contribution in [0.3, 0.4) is 0 Å². The molecular formula is C35H45N5O8S2. The van der Waals surface area contributed by atoms with E-state index in [1.165, 1.54) is 22.3 Å². The van der Waals surface area contributed by atoms with Crippen molar-refractivity contribution in [3.05, 3.63) is 48.5 Å². The van der Waals surface area contributed by atoms with Crippen molar-refractivity contribution in [3.63, 3.8) is 0 Å². The second-order valence-corrected chi connectivity index (χ2v) is 17.7. The fourth-order valence-electron chi connectivity index (χ4n) is 6.75. The average molecular weight is 728 g/mol. The number of carbonyl (C=O) groups is 4. The molecule has 5 unspecified atom stereocenters. The van der Waals surface area contributed by atoms with Gasteiger partial charge in [-0.2, -0.15) is 0 Å². The van der Waals surface area contributed by atoms with Crippen LogP contribution >= 0.6 is 11.3 Å². The van der Waals surface area contributed by atoms with Crippen LogP contribution in [0.15, 0.2) is 48.5 Å². The molecule has 0 spiro atoms. The quantitative estimate of drug-likeness (QED) is 0.274. The summed E-state index contributed by atoms with van der Waals surface area (Å²) < 4.78 is 39.4. The zero-order valence-corrected chi connectivity index (χ0v) is 30.2. The van der Waals surface area contributed by atoms with E-state index >= 15 is 0 Å². The van der Waals surface area contributed by atoms with Gasteiger partial charge in [-0.25, -0.2) is 13.2 Å². The molecule has 6 rings (SSSR count). The lowest BCUT2D eigenvalue weighted by atomic mass is 9.85. The molecule has 4 fully saturated rings. The second kappa shape index (κ2) is 14.0. The van der Waals surface area contributed by atoms with E-state index in [1.807, 2.05) is 38.3 Å². The summed E-state index contributed by atoms with van der Waals surface area (Å²) in [5.74, 6) is -1.97. The maximum atomic E-state index is 14.4. The van der Waals surface area contributed by atoms with Crippen LogP contribution in [0.1, 0.15) is 72.1 Å². The van der Waals surface area contributed by atoms with Crippen LogP contribution in [-0.2, 0) is 29.1 Å². The highest BCUT2D eigenvalue weighted by atomic mass is 32.2. The first-order chi connectivity index (χ1) is 23.7. The molecule has 2 aromatic rings. The molecular weight excluding hydrogens is 683 g/mol. The Hall–Kier alpha value is -3.98. The number of nitrogens with zero attached hydrogens (tertiary/aromatic N) is 2. The summed E-state index contributed by atoms with van der Waals surface area (Å²) in [5, 5.41) is 6.89. The molecule has 3 heterocycles. The number of ether oxygens (including phenoxy) is 2. The van der Waals surface area contributed by atoms with Crippen molar-refractivity contribution in [2.45, 2.75) is 107 Å². The Bertz CT molecular complexity index is 1730. The topological polar surface area (TPSA) is 173 Å². The molecule has 270 valence electrons. The van der Waals surface area contributed by atoms with Gasteiger partial charge in [-0.1, -0.05) is 32.9 Å². The van der Waals surface area contributed by atoms with Gasteiger partial charge < -0.3 is 25.0 Å². The number of carbonyl (C=O) groups excluding carboxylic acids is 4. The van der Waals surface area contributed by atoms with E-state index in [1.54, 1.807) is 18.3 Å². The van der Waals surface area contributed by atoms with Gasteiger partial charge in [-0.3, -0.25) is 24.1 Å². The maximum absolute atomic E-state index is 14.4. The lowest BCUT2D eigenvalue weighted by Crippen LogP contribution is -2.60. The summed E-state index contributed by atoms with van der Waals surface area (Å²) >= 11 is 1.53. The van der Waals surface area contributed by atoms with Gasteiger partial charge in [-0.15, -0.1) is 17.9 Å². The van der Waals surface area contributed by atoms with E-state index in [0.29, 0.717) is 24.3 Å². The second-order valence-electron chi connectivity index (χ2n) is 14.8. The van der Waals surface area contributed by atoms with Gasteiger partial charge in [0.25, 0.3) is 5.91 Å². The van der Waals surface area contributed by atoms with Crippen molar-refractivity contribution in [3.8, 4) is 16.3 Å². The van der Waals surface area contributed by atoms with Gasteiger partial charge >= 0.3 is 6.09 Å². The number of likely N-dealkylation sites (tertiary alicyclic amines) is 1. The first-order valence-corrected chi connectivity index (χ1v) is 19.6. The normalized spacial score (nSPS) is 25.7. The van der Waals surface area contributed by atoms with Crippen molar-refractivity contribution >= 4 is 45.2 Å². The van der Waals surface area contributed by atoms with E-state index in [-0.39, 0.29) is 25.5 Å². The van der Waals surface area contributed by atoms with Gasteiger partial charge in [0.05, 0.1) is 22.4 Å². The number of thiophene rings is 1. The summed E-state index contributed by atoms with van der Waals surface area (Å²) in [7, 11) is -3.88. The summed E-state index contributed by atoms with van der Waals surface area (Å²) in [6.45, 7) is 9.22. The molecule has 13 nitrogen and oxygen atoms in total. The molecule has 0 bridgehead atoms. The highest BCUT2D eigenvalue weighted by molar-refractivity contribution is 7.91. The molecule has 50 heavy (non-hydrogen) atoms. The fraction of sp³-hybridized carbons (Fsp3) is 0.571. The Kier molecular flexibility index (Phi) is 10.0. The van der Waals surface area contributed by atoms with Crippen LogP contribution in [0.25, 0.3) is 10.6 Å². The standard InChI is InChI=1S/C35H45N5O8S2/c1-5-21-19-35(21,32(43)39-50(45,46)25-12-13-25)38-30(41)27-18-24(47-23-14-15-36-26(17-23)28-11-8-16-49-28)20-40(27)31(42)29(34(2,3)4)37-33(44)48-22-9-6-7-10-22/h5,8,11,14-17,21-22,24-25,27,29H,1,6-7,9-10,12-13,18-20H2,2-4H3,(H,37,44)(H,38,41)(H,39,43). The van der Waals surface area contributed by atoms with Gasteiger partial charge in [0.1, 0.15) is 35.6 Å². The third kappa shape index (κ3) is 7.83. The lowest BCUT2D eigenvalue weighted by molar-refractivity contribution is -0.143. The number of amides is 4. The smallest absolute Gasteiger partial charge is 0.408 e. The van der Waals surface area contributed by atoms with Gasteiger partial charge in [0.2, 0.25) is 21.8 Å². The molecule has 0 radical (unpaired) electrons. The molecule has 5 atom stereocenters. The molecule has 3 N–H and O–H groups in total. The number of hydrogen-bond donors (Lipinski definition) is 3. The molecule has 15 heteroatoms. The van der Waals surface area contributed by atoms with E-state index in [2.05, 4.69) is 26.9 Å². The van der Waals surface area contributed by atoms with Crippen LogP contribution in [0, 0.1) is 11.3 Å². The first kappa shape index (κ1) is 35.8. The number of sulfonamides is 1. The van der Waals surface area contributed by atoms with Crippen LogP contribution in [0.2, 0.25) is 0 Å². The Morgan fingerprint density at radius 2 is 1.86 bits per heavy atom. The molecule has 0 aromatic carbocycles. The Balaban J connectivity index is 1.24. The third-order valence-electron chi connectivity index (χ3n) is 9.86. The lowest BCUT2D eigenvalue weighted by Gasteiger charge is -2.35. The van der Waals surface area contributed by atoms with Crippen LogP contribution < -0.4 is 20.1 Å². The van der Waals surface area contributed by atoms with Gasteiger partial charge in [-0.05, 0) is 67.9 Å². The fourth-order valence-corrected chi connectivity index (χ4v) is 8.81. The monoisotopic (exact) mass is 727 g/mol. The minimum absolute atomic E-state index is 0.0135. The summed E-state index contributed by atoms with van der Waals surface area (Å²) in [4.78, 5) is 61.8. The summed E-state index contributed by atoms with van der Waals surface area (Å²) in [6, 6.07) is 5.21. The molecule has 1 saturated heterocycles. The number of rotatable bonds is 12. The van der Waals surface area contributed by atoms with E-state index in [4.69, 9.17) is 9.47 Å². The van der Waals surface area contributed by atoms with E-state index in [9.17, 15) is 27.6 Å². The number of pyridine rings is 1. The highest BCUT2D eigenvalue weighted by Crippen LogP contribution is 2.45. The van der Waals surface area contributed by atoms with E-state index in [0.717, 1.165) is 30.6 Å². The van der Waals surface area contributed by atoms with Crippen molar-refractivity contribution < 1.29 is 37.1 Å². The van der Waals surface area contributed by atoms with Gasteiger partial charge in [0, 0.05) is 24.6 Å². The SMILES string of the molecule is C=CC1CC1(NC(=O)C1CC(Oc2ccnc(-c3cccs3)c2)CN1C(=O)C(NC(=O)OC1CCCC1)C(C)(C)C)C(=O)NS(=O)(=O)C1CC1. The molecule has 3 saturated carbocycles. The van der Waals surface area contributed by atoms with Crippen LogP contribution in [0.5, 0.6) is 5.75 Å². The molecule has 4 aliphatic rings. The Labute approximate surface area is 296 Å². The number of nitrogens with one attached hydrogen (secondary N) is 3. The van der Waals surface area contributed by atoms with Crippen molar-refractivity contribution in [1.82, 2.24) is 25.2 Å². The number of alkyl carbamates (subject to hydrolysis) is 1. The molecule has 1 aliphatic heterocycles. The molecule has 2 aromatic heterocycles. The Morgan fingerprint density at radius 3 is 2.48 bits per heavy atom. The third-order valence-corrected chi connectivity index (χ3v) is 12.6. The molecule has 3 aliphatic carbocycles. The van der Waals surface area contributed by atoms with Gasteiger partial charge in [0.15, 0.2) is 0 Å². The molecule has 4 amide bonds. The minimum atomic E-state index is -3.88. The minimum Gasteiger partial charge on any atom is -0.488 e. The predicted molar refractivity (Wildman–Crippen MR) is 186 cm³/mol. The zero-order valence-electron chi connectivity index (χ0n) is 28.6. The van der Waals surface area contributed by atoms with Crippen LogP contribution in [-0.4, -0.2) is 83.7 Å². The summed E-state index contributed by atoms with van der Waals surface area (Å²) in [6.07, 6.45) is 6.24. The maximum Gasteiger partial charge on any atom is 0.408 e. The first-order valence-electron chi connectivity index (χ1n) is 17.1. The largest absolute Gasteiger partial charge is 0.488 e. The average Bonchev–Trinajstić information content (AvgIpc) is 3.81. The Morgan fingerprint density at radius 1 is 1.12 bits per heavy atom. The van der Waals surface area contributed by atoms with Crippen molar-refractivity contribution in [2.75, 3.05) is 6.54 Å². The number of hydrogen-bond acceptors (Lipinski definition) is 10. The zero-order chi connectivity index (χ0) is 35.8. The van der Waals surface area contributed by atoms with Crippen molar-refractivity contribution in [1.29, 1.82) is 0 Å².